The first-order valence-corrected chi connectivity index (χ1v) is 15.0. The third kappa shape index (κ3) is 6.99. The van der Waals surface area contributed by atoms with E-state index in [0.29, 0.717) is 45.1 Å². The molecule has 198 valence electrons. The van der Waals surface area contributed by atoms with Crippen molar-refractivity contribution in [1.82, 2.24) is 4.57 Å². The van der Waals surface area contributed by atoms with Gasteiger partial charge >= 0.3 is 0 Å². The number of pyridine rings is 1. The molecule has 0 aliphatic heterocycles. The number of nitrogens with zero attached hydrogens (tertiary/aromatic N) is 1. The van der Waals surface area contributed by atoms with Crippen LogP contribution in [0.4, 0.5) is 4.39 Å². The fraction of sp³-hybridized carbons (Fsp3) is 0.379. The van der Waals surface area contributed by atoms with E-state index in [0.717, 1.165) is 5.56 Å². The van der Waals surface area contributed by atoms with Gasteiger partial charge in [-0.15, -0.1) is 0 Å². The fourth-order valence-corrected chi connectivity index (χ4v) is 5.88. The first-order chi connectivity index (χ1) is 17.3. The van der Waals surface area contributed by atoms with Crippen molar-refractivity contribution in [2.24, 2.45) is 7.05 Å². The minimum Gasteiger partial charge on any atom is -0.318 e. The van der Waals surface area contributed by atoms with E-state index in [1.54, 1.807) is 31.4 Å². The summed E-state index contributed by atoms with van der Waals surface area (Å²) in [5, 5.41) is 0. The minimum atomic E-state index is -1.16. The van der Waals surface area contributed by atoms with Gasteiger partial charge in [0.05, 0.1) is 0 Å². The zero-order valence-electron chi connectivity index (χ0n) is 22.2. The highest BCUT2D eigenvalue weighted by atomic mass is 32.2. The Morgan fingerprint density at radius 1 is 1.03 bits per heavy atom. The first-order valence-electron chi connectivity index (χ1n) is 12.2. The van der Waals surface area contributed by atoms with Crippen LogP contribution >= 0.6 is 0 Å². The standard InChI is InChI=1S/C29H34FNO4S2/c1-7-36(34)18-20-8-13-23(28(33)21-9-11-22(30)12-10-21)25(14-20)26-16-31(6)27(32)15-24(26)19(2)17-37(35)29(3,4)5/h8-16,19H,7,17-18H2,1-6H3/t19-,36?,37-/m1/s1. The fourth-order valence-electron chi connectivity index (χ4n) is 3.99. The Morgan fingerprint density at radius 2 is 1.68 bits per heavy atom. The summed E-state index contributed by atoms with van der Waals surface area (Å²) in [5.74, 6) is 0.237. The summed E-state index contributed by atoms with van der Waals surface area (Å²) < 4.78 is 39.8. The molecule has 0 N–H and O–H groups in total. The molecule has 3 aromatic rings. The molecule has 0 saturated heterocycles. The van der Waals surface area contributed by atoms with Crippen molar-refractivity contribution in [3.8, 4) is 11.1 Å². The van der Waals surface area contributed by atoms with Crippen LogP contribution in [0, 0.1) is 5.82 Å². The maximum Gasteiger partial charge on any atom is 0.250 e. The molecule has 0 saturated carbocycles. The van der Waals surface area contributed by atoms with Crippen LogP contribution < -0.4 is 5.56 Å². The Labute approximate surface area is 223 Å². The molecule has 0 aliphatic rings. The van der Waals surface area contributed by atoms with Gasteiger partial charge in [0, 0.05) is 79.6 Å². The lowest BCUT2D eigenvalue weighted by Gasteiger charge is -2.23. The van der Waals surface area contributed by atoms with E-state index < -0.39 is 32.2 Å². The summed E-state index contributed by atoms with van der Waals surface area (Å²) in [6, 6.07) is 12.3. The second kappa shape index (κ2) is 11.8. The van der Waals surface area contributed by atoms with Crippen LogP contribution in [0.3, 0.4) is 0 Å². The van der Waals surface area contributed by atoms with Crippen molar-refractivity contribution < 1.29 is 17.6 Å². The Morgan fingerprint density at radius 3 is 2.27 bits per heavy atom. The SMILES string of the molecule is CCS(=O)Cc1ccc(C(=O)c2ccc(F)cc2)c(-c2cn(C)c(=O)cc2[C@H](C)C[S@@](=O)C(C)(C)C)c1. The number of carbonyl (C=O) groups is 1. The molecular weight excluding hydrogens is 509 g/mol. The van der Waals surface area contributed by atoms with E-state index >= 15 is 0 Å². The number of hydrogen-bond donors (Lipinski definition) is 0. The average Bonchev–Trinajstić information content (AvgIpc) is 2.84. The highest BCUT2D eigenvalue weighted by Gasteiger charge is 2.26. The number of hydrogen-bond acceptors (Lipinski definition) is 4. The third-order valence-electron chi connectivity index (χ3n) is 6.25. The predicted octanol–water partition coefficient (Wildman–Crippen LogP) is 5.34. The molecule has 0 spiro atoms. The van der Waals surface area contributed by atoms with E-state index in [1.165, 1.54) is 28.8 Å². The highest BCUT2D eigenvalue weighted by molar-refractivity contribution is 7.86. The van der Waals surface area contributed by atoms with Crippen molar-refractivity contribution in [2.75, 3.05) is 11.5 Å². The molecule has 2 aromatic carbocycles. The van der Waals surface area contributed by atoms with Crippen molar-refractivity contribution in [2.45, 2.75) is 51.0 Å². The van der Waals surface area contributed by atoms with Crippen LogP contribution in [0.1, 0.15) is 67.6 Å². The lowest BCUT2D eigenvalue weighted by atomic mass is 9.88. The van der Waals surface area contributed by atoms with Gasteiger partial charge in [-0.3, -0.25) is 18.0 Å². The number of aromatic nitrogens is 1. The number of carbonyl (C=O) groups excluding carboxylic acids is 1. The average molecular weight is 544 g/mol. The third-order valence-corrected chi connectivity index (χ3v) is 9.72. The summed E-state index contributed by atoms with van der Waals surface area (Å²) >= 11 is 0. The smallest absolute Gasteiger partial charge is 0.250 e. The molecule has 0 radical (unpaired) electrons. The topological polar surface area (TPSA) is 73.2 Å². The zero-order chi connectivity index (χ0) is 27.5. The summed E-state index contributed by atoms with van der Waals surface area (Å²) in [5.41, 5.74) is 3.29. The normalized spacial score (nSPS) is 14.2. The van der Waals surface area contributed by atoms with E-state index in [4.69, 9.17) is 0 Å². The van der Waals surface area contributed by atoms with Crippen LogP contribution in [0.5, 0.6) is 0 Å². The van der Waals surface area contributed by atoms with Crippen LogP contribution in [0.2, 0.25) is 0 Å². The first kappa shape index (κ1) is 28.9. The zero-order valence-corrected chi connectivity index (χ0v) is 23.8. The maximum atomic E-state index is 13.6. The van der Waals surface area contributed by atoms with Crippen molar-refractivity contribution in [1.29, 1.82) is 0 Å². The van der Waals surface area contributed by atoms with Crippen LogP contribution in [-0.2, 0) is 34.4 Å². The number of benzene rings is 2. The predicted molar refractivity (Wildman–Crippen MR) is 151 cm³/mol. The van der Waals surface area contributed by atoms with E-state index in [-0.39, 0.29) is 17.3 Å². The molecule has 0 fully saturated rings. The number of aryl methyl sites for hydroxylation is 1. The molecule has 37 heavy (non-hydrogen) atoms. The van der Waals surface area contributed by atoms with Gasteiger partial charge in [-0.2, -0.15) is 0 Å². The maximum absolute atomic E-state index is 13.6. The summed E-state index contributed by atoms with van der Waals surface area (Å²) in [7, 11) is -0.572. The number of rotatable bonds is 9. The van der Waals surface area contributed by atoms with Gasteiger partial charge in [0.2, 0.25) is 0 Å². The Balaban J connectivity index is 2.24. The van der Waals surface area contributed by atoms with Crippen molar-refractivity contribution in [3.05, 3.63) is 93.2 Å². The molecular formula is C29H34FNO4S2. The van der Waals surface area contributed by atoms with E-state index in [9.17, 15) is 22.4 Å². The lowest BCUT2D eigenvalue weighted by molar-refractivity contribution is 0.103. The molecule has 0 amide bonds. The van der Waals surface area contributed by atoms with Crippen LogP contribution in [-0.4, -0.2) is 35.0 Å². The molecule has 3 rings (SSSR count). The van der Waals surface area contributed by atoms with Gasteiger partial charge < -0.3 is 4.57 Å². The second-order valence-electron chi connectivity index (χ2n) is 10.2. The van der Waals surface area contributed by atoms with E-state index in [1.807, 2.05) is 40.7 Å². The van der Waals surface area contributed by atoms with E-state index in [2.05, 4.69) is 0 Å². The van der Waals surface area contributed by atoms with Crippen LogP contribution in [0.25, 0.3) is 11.1 Å². The molecule has 0 bridgehead atoms. The van der Waals surface area contributed by atoms with Gasteiger partial charge in [0.25, 0.3) is 5.56 Å². The molecule has 1 heterocycles. The van der Waals surface area contributed by atoms with Gasteiger partial charge in [-0.1, -0.05) is 26.0 Å². The molecule has 8 heteroatoms. The Hall–Kier alpha value is -2.71. The molecule has 0 aliphatic carbocycles. The Kier molecular flexibility index (Phi) is 9.18. The molecule has 1 aromatic heterocycles. The second-order valence-corrected chi connectivity index (χ2v) is 14.2. The quantitative estimate of drug-likeness (QED) is 0.342. The van der Waals surface area contributed by atoms with Gasteiger partial charge in [0.15, 0.2) is 5.78 Å². The largest absolute Gasteiger partial charge is 0.318 e. The van der Waals surface area contributed by atoms with Crippen LogP contribution in [0.15, 0.2) is 59.5 Å². The van der Waals surface area contributed by atoms with Crippen molar-refractivity contribution >= 4 is 27.4 Å². The lowest BCUT2D eigenvalue weighted by Crippen LogP contribution is -2.27. The number of halogens is 1. The summed E-state index contributed by atoms with van der Waals surface area (Å²) in [6.45, 7) is 9.53. The van der Waals surface area contributed by atoms with Gasteiger partial charge in [0.1, 0.15) is 5.82 Å². The van der Waals surface area contributed by atoms with Crippen molar-refractivity contribution in [3.63, 3.8) is 0 Å². The monoisotopic (exact) mass is 543 g/mol. The van der Waals surface area contributed by atoms with Gasteiger partial charge in [-0.25, -0.2) is 4.39 Å². The summed E-state index contributed by atoms with van der Waals surface area (Å²) in [6.07, 6.45) is 1.70. The molecule has 5 nitrogen and oxygen atoms in total. The number of ketones is 1. The highest BCUT2D eigenvalue weighted by Crippen LogP contribution is 2.34. The molecule has 1 unspecified atom stereocenters. The summed E-state index contributed by atoms with van der Waals surface area (Å²) in [4.78, 5) is 26.3. The van der Waals surface area contributed by atoms with Gasteiger partial charge in [-0.05, 0) is 73.7 Å². The minimum absolute atomic E-state index is 0.207. The Bertz CT molecular complexity index is 1400. The molecule has 3 atom stereocenters.